The lowest BCUT2D eigenvalue weighted by atomic mass is 9.96. The van der Waals surface area contributed by atoms with E-state index in [-0.39, 0.29) is 5.75 Å². The predicted molar refractivity (Wildman–Crippen MR) is 135 cm³/mol. The van der Waals surface area contributed by atoms with Gasteiger partial charge in [-0.2, -0.15) is 5.09 Å². The maximum Gasteiger partial charge on any atom is 0.459 e. The van der Waals surface area contributed by atoms with Crippen LogP contribution in [0, 0.1) is 0 Å². The van der Waals surface area contributed by atoms with Crippen LogP contribution in [0.3, 0.4) is 0 Å². The van der Waals surface area contributed by atoms with Crippen LogP contribution in [0.25, 0.3) is 10.4 Å². The van der Waals surface area contributed by atoms with Gasteiger partial charge >= 0.3 is 19.4 Å². The Bertz CT molecular complexity index is 1360. The van der Waals surface area contributed by atoms with Crippen molar-refractivity contribution in [3.63, 3.8) is 0 Å². The lowest BCUT2D eigenvalue weighted by Crippen LogP contribution is -2.50. The summed E-state index contributed by atoms with van der Waals surface area (Å²) in [5.41, 5.74) is 5.22. The molecule has 0 spiro atoms. The summed E-state index contributed by atoms with van der Waals surface area (Å²) < 4.78 is 36.7. The summed E-state index contributed by atoms with van der Waals surface area (Å²) in [6, 6.07) is 7.67. The number of benzene rings is 1. The highest BCUT2D eigenvalue weighted by atomic mass is 31.2. The van der Waals surface area contributed by atoms with Gasteiger partial charge in [0.15, 0.2) is 6.23 Å². The van der Waals surface area contributed by atoms with Crippen molar-refractivity contribution in [3.05, 3.63) is 73.9 Å². The Morgan fingerprint density at radius 1 is 1.28 bits per heavy atom. The minimum absolute atomic E-state index is 0.104. The Hall–Kier alpha value is -3.49. The van der Waals surface area contributed by atoms with Gasteiger partial charge in [0.05, 0.1) is 19.3 Å². The molecule has 1 aliphatic heterocycles. The molecule has 0 bridgehead atoms. The summed E-state index contributed by atoms with van der Waals surface area (Å²) in [6.45, 7) is 3.20. The number of carbonyl (C=O) groups is 1. The zero-order valence-corrected chi connectivity index (χ0v) is 22.1. The van der Waals surface area contributed by atoms with Crippen LogP contribution in [-0.2, 0) is 23.4 Å². The third-order valence-corrected chi connectivity index (χ3v) is 7.17. The van der Waals surface area contributed by atoms with Crippen LogP contribution in [0.5, 0.6) is 5.75 Å². The van der Waals surface area contributed by atoms with E-state index >= 15 is 0 Å². The topological polar surface area (TPSA) is 227 Å². The molecule has 3 unspecified atom stereocenters. The Morgan fingerprint density at radius 3 is 2.59 bits per heavy atom. The summed E-state index contributed by atoms with van der Waals surface area (Å²) in [6.07, 6.45) is -4.57. The minimum atomic E-state index is -4.45. The second kappa shape index (κ2) is 12.6. The summed E-state index contributed by atoms with van der Waals surface area (Å²) >= 11 is 0. The molecule has 0 amide bonds. The Morgan fingerprint density at radius 2 is 1.97 bits per heavy atom. The van der Waals surface area contributed by atoms with Crippen LogP contribution in [0.1, 0.15) is 27.0 Å². The predicted octanol–water partition coefficient (Wildman–Crippen LogP) is 0.970. The smallest absolute Gasteiger partial charge is 0.459 e. The number of aliphatic hydroxyl groups is 2. The van der Waals surface area contributed by atoms with E-state index in [1.54, 1.807) is 32.0 Å². The number of aromatic amines is 1. The van der Waals surface area contributed by atoms with Gasteiger partial charge in [-0.3, -0.25) is 23.7 Å². The highest BCUT2D eigenvalue weighted by molar-refractivity contribution is 7.52. The number of hydrogen-bond donors (Lipinski definition) is 4. The van der Waals surface area contributed by atoms with Crippen LogP contribution in [0.15, 0.2) is 57.3 Å². The number of nitrogens with zero attached hydrogens (tertiary/aromatic N) is 4. The first-order valence-corrected chi connectivity index (χ1v) is 13.3. The fraction of sp³-hybridized carbons (Fsp3) is 0.500. The van der Waals surface area contributed by atoms with E-state index in [0.717, 1.165) is 16.8 Å². The zero-order valence-electron chi connectivity index (χ0n) is 21.2. The number of para-hydroxylation sites is 1. The van der Waals surface area contributed by atoms with Gasteiger partial charge in [-0.1, -0.05) is 23.3 Å². The van der Waals surface area contributed by atoms with E-state index in [4.69, 9.17) is 24.1 Å². The SMILES string of the molecule is CC(C)OC(=O)C(C)NP(=O)(OC[C@@]1(CN=[N+]=[N-])OC(n2ccc(=O)[nH]c2=O)[C@H](O)[C@@H]1O)Oc1ccccc1. The summed E-state index contributed by atoms with van der Waals surface area (Å²) in [4.78, 5) is 40.8. The number of H-pyrrole nitrogens is 1. The van der Waals surface area contributed by atoms with Gasteiger partial charge in [-0.05, 0) is 38.4 Å². The molecule has 4 N–H and O–H groups in total. The Kier molecular flexibility index (Phi) is 9.69. The van der Waals surface area contributed by atoms with Crippen molar-refractivity contribution in [2.24, 2.45) is 5.11 Å². The molecule has 1 fully saturated rings. The van der Waals surface area contributed by atoms with Gasteiger partial charge in [-0.25, -0.2) is 9.36 Å². The van der Waals surface area contributed by atoms with Crippen LogP contribution >= 0.6 is 7.75 Å². The van der Waals surface area contributed by atoms with Crippen LogP contribution in [-0.4, -0.2) is 68.8 Å². The molecule has 1 aromatic heterocycles. The van der Waals surface area contributed by atoms with Crippen molar-refractivity contribution in [2.75, 3.05) is 13.2 Å². The minimum Gasteiger partial charge on any atom is -0.462 e. The molecule has 1 aliphatic rings. The summed E-state index contributed by atoms with van der Waals surface area (Å²) in [7, 11) is -4.45. The normalized spacial score (nSPS) is 24.9. The van der Waals surface area contributed by atoms with Gasteiger partial charge in [0.2, 0.25) is 0 Å². The number of hydrogen-bond acceptors (Lipinski definition) is 11. The highest BCUT2D eigenvalue weighted by Gasteiger charge is 2.56. The van der Waals surface area contributed by atoms with Crippen LogP contribution < -0.4 is 20.9 Å². The second-order valence-electron chi connectivity index (χ2n) is 8.93. The van der Waals surface area contributed by atoms with Crippen molar-refractivity contribution >= 4 is 13.7 Å². The zero-order chi connectivity index (χ0) is 28.8. The van der Waals surface area contributed by atoms with E-state index in [1.807, 2.05) is 4.98 Å². The first-order valence-electron chi connectivity index (χ1n) is 11.7. The van der Waals surface area contributed by atoms with Crippen LogP contribution in [0.4, 0.5) is 0 Å². The molecule has 1 saturated heterocycles. The Labute approximate surface area is 221 Å². The number of azide groups is 1. The highest BCUT2D eigenvalue weighted by Crippen LogP contribution is 2.48. The van der Waals surface area contributed by atoms with Gasteiger partial charge in [-0.15, -0.1) is 0 Å². The molecule has 2 heterocycles. The average Bonchev–Trinajstić information content (AvgIpc) is 3.12. The maximum absolute atomic E-state index is 13.8. The summed E-state index contributed by atoms with van der Waals surface area (Å²) in [5, 5.41) is 27.5. The molecule has 212 valence electrons. The number of nitrogens with one attached hydrogen (secondary N) is 2. The molecule has 39 heavy (non-hydrogen) atoms. The molecule has 17 heteroatoms. The molecular formula is C22H29N6O10P. The molecule has 1 aromatic carbocycles. The third-order valence-electron chi connectivity index (χ3n) is 5.54. The lowest BCUT2D eigenvalue weighted by Gasteiger charge is -2.32. The standard InChI is InChI=1S/C22H29N6O10P/c1-13(2)36-20(32)14(3)26-39(34,38-15-7-5-4-6-8-15)35-12-22(11-24-27-23)18(31)17(30)19(37-22)28-10-9-16(29)25-21(28)33/h4-10,13-14,17-19,30-31H,11-12H2,1-3H3,(H,26,34)(H,25,29,33)/t14?,17-,18+,19?,22-,39?/m1/s1. The lowest BCUT2D eigenvalue weighted by molar-refractivity contribution is -0.149. The van der Waals surface area contributed by atoms with E-state index in [0.29, 0.717) is 0 Å². The largest absolute Gasteiger partial charge is 0.462 e. The molecule has 0 radical (unpaired) electrons. The van der Waals surface area contributed by atoms with Crippen LogP contribution in [0.2, 0.25) is 0 Å². The number of esters is 1. The van der Waals surface area contributed by atoms with E-state index in [1.165, 1.54) is 19.1 Å². The molecule has 16 nitrogen and oxygen atoms in total. The van der Waals surface area contributed by atoms with E-state index in [9.17, 15) is 29.2 Å². The quantitative estimate of drug-likeness (QED) is 0.0927. The monoisotopic (exact) mass is 568 g/mol. The first kappa shape index (κ1) is 30.1. The van der Waals surface area contributed by atoms with Gasteiger partial charge in [0.1, 0.15) is 29.6 Å². The van der Waals surface area contributed by atoms with Crippen molar-refractivity contribution in [1.29, 1.82) is 0 Å². The van der Waals surface area contributed by atoms with Crippen molar-refractivity contribution in [2.45, 2.75) is 57.0 Å². The second-order valence-corrected chi connectivity index (χ2v) is 10.6. The van der Waals surface area contributed by atoms with Crippen molar-refractivity contribution < 1.29 is 38.1 Å². The molecule has 0 aliphatic carbocycles. The van der Waals surface area contributed by atoms with Gasteiger partial charge in [0, 0.05) is 17.2 Å². The molecule has 2 aromatic rings. The van der Waals surface area contributed by atoms with Gasteiger partial charge < -0.3 is 24.2 Å². The molecule has 0 saturated carbocycles. The van der Waals surface area contributed by atoms with E-state index < -0.39 is 74.3 Å². The summed E-state index contributed by atoms with van der Waals surface area (Å²) in [5.74, 6) is -0.646. The average molecular weight is 568 g/mol. The fourth-order valence-corrected chi connectivity index (χ4v) is 5.22. The van der Waals surface area contributed by atoms with Crippen molar-refractivity contribution in [3.8, 4) is 5.75 Å². The number of aliphatic hydroxyl groups excluding tert-OH is 2. The van der Waals surface area contributed by atoms with E-state index in [2.05, 4.69) is 15.1 Å². The number of rotatable bonds is 12. The number of ether oxygens (including phenoxy) is 2. The molecule has 6 atom stereocenters. The maximum atomic E-state index is 13.8. The number of aromatic nitrogens is 2. The third kappa shape index (κ3) is 7.34. The van der Waals surface area contributed by atoms with Gasteiger partial charge in [0.25, 0.3) is 5.56 Å². The number of carbonyl (C=O) groups excluding carboxylic acids is 1. The molecular weight excluding hydrogens is 539 g/mol. The molecule has 3 rings (SSSR count). The van der Waals surface area contributed by atoms with Crippen molar-refractivity contribution in [1.82, 2.24) is 14.6 Å². The fourth-order valence-electron chi connectivity index (χ4n) is 3.67. The first-order chi connectivity index (χ1) is 18.4. The Balaban J connectivity index is 1.93.